The second-order valence-corrected chi connectivity index (χ2v) is 6.48. The maximum Gasteiger partial charge on any atom is 0.267 e. The minimum atomic E-state index is -3.90. The summed E-state index contributed by atoms with van der Waals surface area (Å²) in [5.74, 6) is -0.597. The summed E-state index contributed by atoms with van der Waals surface area (Å²) in [4.78, 5) is 0.0719. The van der Waals surface area contributed by atoms with Crippen LogP contribution in [0.1, 0.15) is 11.4 Å². The quantitative estimate of drug-likeness (QED) is 0.875. The summed E-state index contributed by atoms with van der Waals surface area (Å²) in [5, 5.41) is 9.50. The van der Waals surface area contributed by atoms with Crippen LogP contribution in [0, 0.1) is 12.7 Å². The molecule has 0 bridgehead atoms. The standard InChI is InChI=1S/C13H17FN4O2S/c1-9-13(11(8-15-2)17-16-9)21(19,20)18(3)12-7-5-4-6-10(12)14/h4-7,15H,8H2,1-3H3,(H,16,17). The number of aromatic nitrogens is 2. The number of nitrogens with one attached hydrogen (secondary N) is 2. The van der Waals surface area contributed by atoms with E-state index in [0.29, 0.717) is 17.9 Å². The van der Waals surface area contributed by atoms with Crippen LogP contribution in [-0.4, -0.2) is 32.7 Å². The number of aromatic amines is 1. The SMILES string of the molecule is CNCc1n[nH]c(C)c1S(=O)(=O)N(C)c1ccccc1F. The van der Waals surface area contributed by atoms with E-state index in [2.05, 4.69) is 15.5 Å². The molecule has 0 aliphatic carbocycles. The summed E-state index contributed by atoms with van der Waals surface area (Å²) in [6.45, 7) is 1.91. The largest absolute Gasteiger partial charge is 0.314 e. The van der Waals surface area contributed by atoms with E-state index in [1.165, 1.54) is 25.2 Å². The lowest BCUT2D eigenvalue weighted by molar-refractivity contribution is 0.587. The molecule has 0 atom stereocenters. The van der Waals surface area contributed by atoms with Gasteiger partial charge in [-0.25, -0.2) is 12.8 Å². The van der Waals surface area contributed by atoms with Crippen LogP contribution in [0.25, 0.3) is 0 Å². The van der Waals surface area contributed by atoms with E-state index in [1.54, 1.807) is 20.0 Å². The summed E-state index contributed by atoms with van der Waals surface area (Å²) >= 11 is 0. The highest BCUT2D eigenvalue weighted by molar-refractivity contribution is 7.92. The van der Waals surface area contributed by atoms with E-state index in [1.807, 2.05) is 0 Å². The third-order valence-corrected chi connectivity index (χ3v) is 5.09. The molecule has 0 spiro atoms. The summed E-state index contributed by atoms with van der Waals surface area (Å²) < 4.78 is 40.2. The molecule has 2 aromatic rings. The normalized spacial score (nSPS) is 11.6. The van der Waals surface area contributed by atoms with Gasteiger partial charge in [-0.1, -0.05) is 12.1 Å². The molecule has 0 saturated carbocycles. The molecule has 0 aliphatic heterocycles. The van der Waals surface area contributed by atoms with Crippen molar-refractivity contribution < 1.29 is 12.8 Å². The molecule has 1 aromatic heterocycles. The Labute approximate surface area is 123 Å². The molecular formula is C13H17FN4O2S. The molecule has 0 saturated heterocycles. The van der Waals surface area contributed by atoms with Gasteiger partial charge in [-0.3, -0.25) is 9.40 Å². The molecule has 6 nitrogen and oxygen atoms in total. The molecule has 2 N–H and O–H groups in total. The average Bonchev–Trinajstić information content (AvgIpc) is 2.80. The molecular weight excluding hydrogens is 295 g/mol. The highest BCUT2D eigenvalue weighted by Gasteiger charge is 2.29. The highest BCUT2D eigenvalue weighted by Crippen LogP contribution is 2.27. The first kappa shape index (κ1) is 15.5. The van der Waals surface area contributed by atoms with Gasteiger partial charge in [0.2, 0.25) is 0 Å². The summed E-state index contributed by atoms with van der Waals surface area (Å²) in [7, 11) is -0.877. The van der Waals surface area contributed by atoms with E-state index in [0.717, 1.165) is 4.31 Å². The zero-order valence-corrected chi connectivity index (χ0v) is 12.8. The van der Waals surface area contributed by atoms with Gasteiger partial charge >= 0.3 is 0 Å². The van der Waals surface area contributed by atoms with Crippen LogP contribution >= 0.6 is 0 Å². The van der Waals surface area contributed by atoms with Crippen LogP contribution in [0.3, 0.4) is 0 Å². The fourth-order valence-corrected chi connectivity index (χ4v) is 3.60. The fourth-order valence-electron chi connectivity index (χ4n) is 2.07. The number of anilines is 1. The highest BCUT2D eigenvalue weighted by atomic mass is 32.2. The van der Waals surface area contributed by atoms with E-state index in [4.69, 9.17) is 0 Å². The van der Waals surface area contributed by atoms with Crippen molar-refractivity contribution in [1.82, 2.24) is 15.5 Å². The molecule has 114 valence electrons. The van der Waals surface area contributed by atoms with Crippen molar-refractivity contribution in [2.45, 2.75) is 18.4 Å². The summed E-state index contributed by atoms with van der Waals surface area (Å²) in [6, 6.07) is 5.73. The Kier molecular flexibility index (Phi) is 4.29. The van der Waals surface area contributed by atoms with Gasteiger partial charge in [0.05, 0.1) is 17.1 Å². The number of hydrogen-bond acceptors (Lipinski definition) is 4. The number of rotatable bonds is 5. The van der Waals surface area contributed by atoms with Crippen molar-refractivity contribution in [2.24, 2.45) is 0 Å². The number of aryl methyl sites for hydroxylation is 1. The lowest BCUT2D eigenvalue weighted by Gasteiger charge is -2.20. The van der Waals surface area contributed by atoms with Crippen LogP contribution in [-0.2, 0) is 16.6 Å². The number of hydrogen-bond donors (Lipinski definition) is 2. The first-order chi connectivity index (χ1) is 9.89. The average molecular weight is 312 g/mol. The number of halogens is 1. The minimum absolute atomic E-state index is 0.00601. The van der Waals surface area contributed by atoms with Gasteiger partial charge < -0.3 is 5.32 Å². The van der Waals surface area contributed by atoms with Crippen molar-refractivity contribution in [1.29, 1.82) is 0 Å². The molecule has 0 fully saturated rings. The Hall–Kier alpha value is -1.93. The van der Waals surface area contributed by atoms with Crippen LogP contribution < -0.4 is 9.62 Å². The lowest BCUT2D eigenvalue weighted by atomic mass is 10.3. The van der Waals surface area contributed by atoms with Crippen molar-refractivity contribution in [3.63, 3.8) is 0 Å². The topological polar surface area (TPSA) is 78.1 Å². The molecule has 0 unspecified atom stereocenters. The maximum absolute atomic E-state index is 13.8. The first-order valence-electron chi connectivity index (χ1n) is 6.31. The Morgan fingerprint density at radius 2 is 2.05 bits per heavy atom. The third kappa shape index (κ3) is 2.77. The van der Waals surface area contributed by atoms with Crippen molar-refractivity contribution in [2.75, 3.05) is 18.4 Å². The Morgan fingerprint density at radius 3 is 2.67 bits per heavy atom. The second kappa shape index (κ2) is 5.82. The molecule has 8 heteroatoms. The van der Waals surface area contributed by atoms with E-state index in [-0.39, 0.29) is 10.6 Å². The predicted molar refractivity (Wildman–Crippen MR) is 78.1 cm³/mol. The molecule has 1 aromatic carbocycles. The summed E-state index contributed by atoms with van der Waals surface area (Å²) in [5.41, 5.74) is 0.787. The van der Waals surface area contributed by atoms with Gasteiger partial charge in [0.15, 0.2) is 0 Å². The number of benzene rings is 1. The minimum Gasteiger partial charge on any atom is -0.314 e. The maximum atomic E-state index is 13.8. The second-order valence-electron chi connectivity index (χ2n) is 4.58. The van der Waals surface area contributed by atoms with E-state index >= 15 is 0 Å². The fraction of sp³-hybridized carbons (Fsp3) is 0.308. The molecule has 0 amide bonds. The Bertz CT molecular complexity index is 742. The van der Waals surface area contributed by atoms with E-state index < -0.39 is 15.8 Å². The van der Waals surface area contributed by atoms with Gasteiger partial charge in [0, 0.05) is 13.6 Å². The zero-order valence-electron chi connectivity index (χ0n) is 12.0. The first-order valence-corrected chi connectivity index (χ1v) is 7.75. The number of nitrogens with zero attached hydrogens (tertiary/aromatic N) is 2. The molecule has 2 rings (SSSR count). The van der Waals surface area contributed by atoms with E-state index in [9.17, 15) is 12.8 Å². The van der Waals surface area contributed by atoms with Crippen molar-refractivity contribution in [3.8, 4) is 0 Å². The Morgan fingerprint density at radius 1 is 1.38 bits per heavy atom. The van der Waals surface area contributed by atoms with Gasteiger partial charge in [0.1, 0.15) is 10.7 Å². The van der Waals surface area contributed by atoms with Crippen LogP contribution in [0.5, 0.6) is 0 Å². The number of H-pyrrole nitrogens is 1. The smallest absolute Gasteiger partial charge is 0.267 e. The van der Waals surface area contributed by atoms with Crippen LogP contribution in [0.4, 0.5) is 10.1 Å². The van der Waals surface area contributed by atoms with Crippen LogP contribution in [0.2, 0.25) is 0 Å². The van der Waals surface area contributed by atoms with Gasteiger partial charge in [-0.2, -0.15) is 5.10 Å². The number of para-hydroxylation sites is 1. The van der Waals surface area contributed by atoms with Gasteiger partial charge in [-0.05, 0) is 26.1 Å². The van der Waals surface area contributed by atoms with Crippen LogP contribution in [0.15, 0.2) is 29.2 Å². The van der Waals surface area contributed by atoms with Crippen molar-refractivity contribution in [3.05, 3.63) is 41.5 Å². The molecule has 21 heavy (non-hydrogen) atoms. The van der Waals surface area contributed by atoms with Crippen molar-refractivity contribution >= 4 is 15.7 Å². The lowest BCUT2D eigenvalue weighted by Crippen LogP contribution is -2.29. The van der Waals surface area contributed by atoms with Gasteiger partial charge in [-0.15, -0.1) is 0 Å². The van der Waals surface area contributed by atoms with Gasteiger partial charge in [0.25, 0.3) is 10.0 Å². The molecule has 0 radical (unpaired) electrons. The summed E-state index contributed by atoms with van der Waals surface area (Å²) in [6.07, 6.45) is 0. The molecule has 1 heterocycles. The zero-order chi connectivity index (χ0) is 15.6. The predicted octanol–water partition coefficient (Wildman–Crippen LogP) is 1.40. The molecule has 0 aliphatic rings. The monoisotopic (exact) mass is 312 g/mol. The number of sulfonamides is 1. The Balaban J connectivity index is 2.52. The third-order valence-electron chi connectivity index (χ3n) is 3.12.